The first-order valence-electron chi connectivity index (χ1n) is 12.9. The van der Waals surface area contributed by atoms with Gasteiger partial charge >= 0.3 is 5.97 Å². The molecule has 4 rings (SSSR count). The average Bonchev–Trinajstić information content (AvgIpc) is 3.35. The number of esters is 1. The van der Waals surface area contributed by atoms with E-state index in [-0.39, 0.29) is 17.1 Å². The zero-order valence-corrected chi connectivity index (χ0v) is 21.6. The van der Waals surface area contributed by atoms with E-state index in [1.165, 1.54) is 42.5 Å². The van der Waals surface area contributed by atoms with Crippen LogP contribution in [0.4, 0.5) is 0 Å². The number of unbranched alkanes of at least 4 members (excludes halogenated alkanes) is 3. The van der Waals surface area contributed by atoms with Gasteiger partial charge in [-0.2, -0.15) is 0 Å². The Morgan fingerprint density at radius 1 is 0.879 bits per heavy atom. The maximum atomic E-state index is 11.6. The van der Waals surface area contributed by atoms with Crippen molar-refractivity contribution in [1.82, 2.24) is 0 Å². The summed E-state index contributed by atoms with van der Waals surface area (Å²) in [7, 11) is -2.41. The normalized spacial score (nSPS) is 22.9. The van der Waals surface area contributed by atoms with Gasteiger partial charge in [0.15, 0.2) is 0 Å². The summed E-state index contributed by atoms with van der Waals surface area (Å²) in [5.41, 5.74) is 0. The van der Waals surface area contributed by atoms with E-state index >= 15 is 0 Å². The first-order chi connectivity index (χ1) is 15.9. The largest absolute Gasteiger partial charge is 0.462 e. The van der Waals surface area contributed by atoms with Gasteiger partial charge in [0.05, 0.1) is 6.42 Å². The molecule has 4 heteroatoms. The molecule has 3 nitrogen and oxygen atoms in total. The molecule has 1 aliphatic heterocycles. The van der Waals surface area contributed by atoms with Crippen LogP contribution in [0.25, 0.3) is 0 Å². The molecule has 0 unspecified atom stereocenters. The number of carbonyl (C=O) groups is 1. The van der Waals surface area contributed by atoms with Gasteiger partial charge in [0.25, 0.3) is 8.32 Å². The Kier molecular flexibility index (Phi) is 7.75. The molecule has 0 radical (unpaired) electrons. The Morgan fingerprint density at radius 2 is 1.48 bits per heavy atom. The van der Waals surface area contributed by atoms with Crippen LogP contribution in [0.3, 0.4) is 0 Å². The molecule has 2 fully saturated rings. The van der Waals surface area contributed by atoms with Crippen LogP contribution in [-0.2, 0) is 14.0 Å². The lowest BCUT2D eigenvalue weighted by molar-refractivity contribution is -0.141. The molecular formula is C29H40O3Si. The van der Waals surface area contributed by atoms with Gasteiger partial charge in [-0.05, 0) is 40.6 Å². The summed E-state index contributed by atoms with van der Waals surface area (Å²) in [6, 6.07) is 21.8. The second-order valence-corrected chi connectivity index (χ2v) is 15.3. The van der Waals surface area contributed by atoms with Crippen LogP contribution in [0.1, 0.15) is 72.1 Å². The number of hydrogen-bond donors (Lipinski definition) is 0. The molecule has 1 heterocycles. The molecule has 0 spiro atoms. The summed E-state index contributed by atoms with van der Waals surface area (Å²) in [6.45, 7) is 7.83. The van der Waals surface area contributed by atoms with E-state index in [1.54, 1.807) is 0 Å². The van der Waals surface area contributed by atoms with Crippen molar-refractivity contribution >= 4 is 24.7 Å². The van der Waals surface area contributed by atoms with Crippen molar-refractivity contribution in [3.8, 4) is 0 Å². The summed E-state index contributed by atoms with van der Waals surface area (Å²) in [5.74, 6) is 1.21. The molecule has 33 heavy (non-hydrogen) atoms. The van der Waals surface area contributed by atoms with E-state index in [1.807, 2.05) is 0 Å². The summed E-state index contributed by atoms with van der Waals surface area (Å²) in [4.78, 5) is 11.6. The smallest absolute Gasteiger partial charge is 0.306 e. The lowest BCUT2D eigenvalue weighted by Crippen LogP contribution is -2.66. The lowest BCUT2D eigenvalue weighted by atomic mass is 9.88. The number of benzene rings is 2. The van der Waals surface area contributed by atoms with Crippen molar-refractivity contribution in [3.63, 3.8) is 0 Å². The summed E-state index contributed by atoms with van der Waals surface area (Å²) in [5, 5.41) is 2.75. The fourth-order valence-electron chi connectivity index (χ4n) is 6.17. The average molecular weight is 465 g/mol. The van der Waals surface area contributed by atoms with E-state index < -0.39 is 8.32 Å². The molecule has 0 aromatic heterocycles. The van der Waals surface area contributed by atoms with Crippen molar-refractivity contribution in [2.45, 2.75) is 83.3 Å². The third-order valence-corrected chi connectivity index (χ3v) is 12.8. The summed E-state index contributed by atoms with van der Waals surface area (Å²) in [6.07, 6.45) is 9.23. The highest BCUT2D eigenvalue weighted by atomic mass is 28.4. The van der Waals surface area contributed by atoms with Crippen LogP contribution < -0.4 is 10.4 Å². The van der Waals surface area contributed by atoms with Gasteiger partial charge in [0.1, 0.15) is 6.10 Å². The molecule has 1 saturated heterocycles. The number of hydrogen-bond acceptors (Lipinski definition) is 3. The van der Waals surface area contributed by atoms with Crippen molar-refractivity contribution < 1.29 is 14.0 Å². The molecule has 0 N–H and O–H groups in total. The Bertz CT molecular complexity index is 851. The fraction of sp³-hybridized carbons (Fsp3) is 0.552. The maximum absolute atomic E-state index is 11.6. The minimum Gasteiger partial charge on any atom is -0.462 e. The van der Waals surface area contributed by atoms with Gasteiger partial charge in [-0.1, -0.05) is 107 Å². The van der Waals surface area contributed by atoms with Crippen LogP contribution in [0, 0.1) is 11.8 Å². The Morgan fingerprint density at radius 3 is 2.09 bits per heavy atom. The molecule has 1 saturated carbocycles. The van der Waals surface area contributed by atoms with Gasteiger partial charge in [-0.15, -0.1) is 0 Å². The standard InChI is InChI=1S/C29H40O3Si/c1-29(2,3)33(24-15-9-6-10-16-24,25-17-11-7-12-18-25)31-21-13-5-4-8-14-23-19-20-27-26(23)22-28(30)32-27/h6-7,9-12,15-18,23,26-27H,4-5,8,13-14,19-22H2,1-3H3/t23-,26-,27+/m0/s1. The Balaban J connectivity index is 1.32. The monoisotopic (exact) mass is 464 g/mol. The highest BCUT2D eigenvalue weighted by Crippen LogP contribution is 2.43. The lowest BCUT2D eigenvalue weighted by Gasteiger charge is -2.43. The zero-order valence-electron chi connectivity index (χ0n) is 20.6. The molecule has 2 aromatic carbocycles. The van der Waals surface area contributed by atoms with Gasteiger partial charge in [0, 0.05) is 12.5 Å². The van der Waals surface area contributed by atoms with Crippen LogP contribution in [0.2, 0.25) is 5.04 Å². The van der Waals surface area contributed by atoms with E-state index in [4.69, 9.17) is 9.16 Å². The summed E-state index contributed by atoms with van der Waals surface area (Å²) < 4.78 is 12.5. The predicted molar refractivity (Wildman–Crippen MR) is 137 cm³/mol. The van der Waals surface area contributed by atoms with Crippen LogP contribution in [-0.4, -0.2) is 27.0 Å². The van der Waals surface area contributed by atoms with Crippen molar-refractivity contribution in [3.05, 3.63) is 60.7 Å². The molecule has 3 atom stereocenters. The fourth-order valence-corrected chi connectivity index (χ4v) is 10.8. The molecule has 2 aromatic rings. The van der Waals surface area contributed by atoms with E-state index in [9.17, 15) is 4.79 Å². The third kappa shape index (κ3) is 5.27. The van der Waals surface area contributed by atoms with Gasteiger partial charge in [-0.25, -0.2) is 0 Å². The predicted octanol–water partition coefficient (Wildman–Crippen LogP) is 5.86. The maximum Gasteiger partial charge on any atom is 0.306 e. The first kappa shape index (κ1) is 24.2. The molecule has 2 aliphatic rings. The van der Waals surface area contributed by atoms with Crippen LogP contribution >= 0.6 is 0 Å². The first-order valence-corrected chi connectivity index (χ1v) is 14.8. The highest BCUT2D eigenvalue weighted by molar-refractivity contribution is 6.99. The molecule has 178 valence electrons. The minimum absolute atomic E-state index is 0.0233. The number of ether oxygens (including phenoxy) is 1. The van der Waals surface area contributed by atoms with Gasteiger partial charge in [-0.3, -0.25) is 4.79 Å². The minimum atomic E-state index is -2.41. The van der Waals surface area contributed by atoms with E-state index in [2.05, 4.69) is 81.4 Å². The van der Waals surface area contributed by atoms with Gasteiger partial charge in [0.2, 0.25) is 0 Å². The Hall–Kier alpha value is -1.91. The SMILES string of the molecule is CC(C)(C)[Si](OCCCCCC[C@H]1CC[C@H]2OC(=O)C[C@@H]12)(c1ccccc1)c1ccccc1. The van der Waals surface area contributed by atoms with E-state index in [0.717, 1.165) is 19.4 Å². The van der Waals surface area contributed by atoms with Crippen molar-refractivity contribution in [2.24, 2.45) is 11.8 Å². The highest BCUT2D eigenvalue weighted by Gasteiger charge is 2.50. The quantitative estimate of drug-likeness (QED) is 0.251. The van der Waals surface area contributed by atoms with Gasteiger partial charge < -0.3 is 9.16 Å². The van der Waals surface area contributed by atoms with Crippen LogP contribution in [0.5, 0.6) is 0 Å². The third-order valence-electron chi connectivity index (χ3n) is 7.79. The number of fused-ring (bicyclic) bond motifs is 1. The van der Waals surface area contributed by atoms with Crippen LogP contribution in [0.15, 0.2) is 60.7 Å². The number of rotatable bonds is 10. The topological polar surface area (TPSA) is 35.5 Å². The number of carbonyl (C=O) groups excluding carboxylic acids is 1. The zero-order chi connectivity index (χ0) is 23.3. The van der Waals surface area contributed by atoms with Crippen molar-refractivity contribution in [1.29, 1.82) is 0 Å². The van der Waals surface area contributed by atoms with Crippen molar-refractivity contribution in [2.75, 3.05) is 6.61 Å². The molecular weight excluding hydrogens is 424 g/mol. The second-order valence-electron chi connectivity index (χ2n) is 10.9. The molecule has 0 amide bonds. The molecule has 1 aliphatic carbocycles. The molecule has 0 bridgehead atoms. The van der Waals surface area contributed by atoms with E-state index in [0.29, 0.717) is 18.3 Å². The summed E-state index contributed by atoms with van der Waals surface area (Å²) >= 11 is 0. The second kappa shape index (κ2) is 10.6. The Labute approximate surface area is 201 Å².